The molecule has 3 saturated heterocycles. The van der Waals surface area contributed by atoms with Crippen LogP contribution in [0, 0.1) is 11.3 Å². The molecule has 0 radical (unpaired) electrons. The Morgan fingerprint density at radius 1 is 0.920 bits per heavy atom. The third kappa shape index (κ3) is 9.56. The summed E-state index contributed by atoms with van der Waals surface area (Å²) in [4.78, 5) is 45.1. The average molecular weight is 731 g/mol. The zero-order valence-corrected chi connectivity index (χ0v) is 31.4. The standard InChI is InChI=1S/C22H32Cl2N2O2.C16H21N3O3/c1-15(12-16-13-18(23)20(27)19(24)14-16)21(28)26-8-4-17(5-9-26)25-10-6-22(2,3)7-11-25;1-22-16(21)18-9-7-13(8-10-18)19-11-6-12-4-2-3-5-14(12)17-15(19)20/h13-15,17,27H,4-12H2,1-3H3;2-5,13H,6-11H2,1H3,(H,17,20)/t15-;/m1./s1. The zero-order valence-electron chi connectivity index (χ0n) is 29.9. The summed E-state index contributed by atoms with van der Waals surface area (Å²) in [6.45, 7) is 12.7. The molecule has 6 rings (SSSR count). The lowest BCUT2D eigenvalue weighted by Gasteiger charge is -2.44. The van der Waals surface area contributed by atoms with Crippen LogP contribution in [0.25, 0.3) is 0 Å². The van der Waals surface area contributed by atoms with Gasteiger partial charge in [-0.2, -0.15) is 0 Å². The summed E-state index contributed by atoms with van der Waals surface area (Å²) in [6, 6.07) is 12.1. The van der Waals surface area contributed by atoms with Crippen LogP contribution in [0.3, 0.4) is 0 Å². The van der Waals surface area contributed by atoms with Crippen molar-refractivity contribution in [2.45, 2.75) is 84.2 Å². The number of urea groups is 1. The quantitative estimate of drug-likeness (QED) is 0.335. The van der Waals surface area contributed by atoms with Crippen molar-refractivity contribution in [2.75, 3.05) is 58.2 Å². The van der Waals surface area contributed by atoms with E-state index in [1.807, 2.05) is 34.9 Å². The number of aromatic hydroxyl groups is 1. The smallest absolute Gasteiger partial charge is 0.409 e. The number of hydrogen-bond donors (Lipinski definition) is 2. The summed E-state index contributed by atoms with van der Waals surface area (Å²) in [6.07, 6.45) is 7.38. The van der Waals surface area contributed by atoms with Crippen molar-refractivity contribution >= 4 is 46.9 Å². The number of phenolic OH excluding ortho intramolecular Hbond substituents is 1. The molecule has 3 fully saturated rings. The average Bonchev–Trinajstić information content (AvgIpc) is 3.28. The molecule has 2 N–H and O–H groups in total. The Balaban J connectivity index is 0.000000200. The number of methoxy groups -OCH3 is 1. The van der Waals surface area contributed by atoms with E-state index in [0.29, 0.717) is 37.5 Å². The lowest BCUT2D eigenvalue weighted by Crippen LogP contribution is -2.50. The first-order valence-electron chi connectivity index (χ1n) is 18.0. The summed E-state index contributed by atoms with van der Waals surface area (Å²) < 4.78 is 4.75. The third-order valence-electron chi connectivity index (χ3n) is 11.0. The number of halogens is 2. The number of amides is 4. The van der Waals surface area contributed by atoms with Gasteiger partial charge in [0.15, 0.2) is 5.75 Å². The summed E-state index contributed by atoms with van der Waals surface area (Å²) in [5.41, 5.74) is 3.43. The lowest BCUT2D eigenvalue weighted by molar-refractivity contribution is -0.136. The largest absolute Gasteiger partial charge is 0.505 e. The van der Waals surface area contributed by atoms with Crippen LogP contribution in [0.2, 0.25) is 10.0 Å². The van der Waals surface area contributed by atoms with Gasteiger partial charge in [-0.15, -0.1) is 0 Å². The Hall–Kier alpha value is -3.21. The molecule has 0 spiro atoms. The van der Waals surface area contributed by atoms with E-state index in [2.05, 4.69) is 30.1 Å². The summed E-state index contributed by atoms with van der Waals surface area (Å²) in [5, 5.41) is 13.2. The second-order valence-electron chi connectivity index (χ2n) is 15.0. The Morgan fingerprint density at radius 2 is 1.50 bits per heavy atom. The van der Waals surface area contributed by atoms with Crippen molar-refractivity contribution < 1.29 is 24.2 Å². The number of carbonyl (C=O) groups excluding carboxylic acids is 3. The SMILES string of the molecule is COC(=O)N1CCC(N2CCc3ccccc3NC2=O)CC1.C[C@H](Cc1cc(Cl)c(O)c(Cl)c1)C(=O)N1CCC(N2CCC(C)(C)CC2)CC1. The molecule has 50 heavy (non-hydrogen) atoms. The van der Waals surface area contributed by atoms with E-state index in [-0.39, 0.29) is 45.8 Å². The highest BCUT2D eigenvalue weighted by Crippen LogP contribution is 2.35. The van der Waals surface area contributed by atoms with E-state index in [1.165, 1.54) is 38.6 Å². The van der Waals surface area contributed by atoms with E-state index in [9.17, 15) is 19.5 Å². The zero-order chi connectivity index (χ0) is 36.0. The Kier molecular flexibility index (Phi) is 12.8. The Bertz CT molecular complexity index is 1470. The molecule has 0 aromatic heterocycles. The van der Waals surface area contributed by atoms with Gasteiger partial charge in [-0.3, -0.25) is 4.79 Å². The van der Waals surface area contributed by atoms with Crippen LogP contribution in [0.15, 0.2) is 36.4 Å². The second kappa shape index (κ2) is 16.9. The number of phenols is 1. The van der Waals surface area contributed by atoms with Gasteiger partial charge in [0.25, 0.3) is 0 Å². The highest BCUT2D eigenvalue weighted by Gasteiger charge is 2.34. The van der Waals surface area contributed by atoms with Crippen LogP contribution < -0.4 is 5.32 Å². The first-order chi connectivity index (χ1) is 23.8. The van der Waals surface area contributed by atoms with Crippen molar-refractivity contribution in [3.63, 3.8) is 0 Å². The van der Waals surface area contributed by atoms with Crippen LogP contribution in [-0.4, -0.2) is 108 Å². The van der Waals surface area contributed by atoms with Crippen LogP contribution >= 0.6 is 23.2 Å². The third-order valence-corrected chi connectivity index (χ3v) is 11.5. The van der Waals surface area contributed by atoms with Crippen molar-refractivity contribution in [2.24, 2.45) is 11.3 Å². The van der Waals surface area contributed by atoms with Crippen molar-refractivity contribution in [1.29, 1.82) is 0 Å². The van der Waals surface area contributed by atoms with Crippen molar-refractivity contribution in [3.05, 3.63) is 57.6 Å². The molecule has 10 nitrogen and oxygen atoms in total. The highest BCUT2D eigenvalue weighted by molar-refractivity contribution is 6.37. The second-order valence-corrected chi connectivity index (χ2v) is 15.8. The minimum absolute atomic E-state index is 0.0403. The molecule has 4 aliphatic rings. The number of hydrogen-bond acceptors (Lipinski definition) is 6. The predicted molar refractivity (Wildman–Crippen MR) is 198 cm³/mol. The lowest BCUT2D eigenvalue weighted by atomic mass is 9.82. The van der Waals surface area contributed by atoms with Gasteiger partial charge in [-0.1, -0.05) is 62.2 Å². The van der Waals surface area contributed by atoms with E-state index in [1.54, 1.807) is 17.0 Å². The van der Waals surface area contributed by atoms with Gasteiger partial charge >= 0.3 is 12.1 Å². The Labute approximate surface area is 307 Å². The molecular formula is C38H53Cl2N5O5. The number of piperidine rings is 3. The Morgan fingerprint density at radius 3 is 2.12 bits per heavy atom. The van der Waals surface area contributed by atoms with Gasteiger partial charge in [0.2, 0.25) is 5.91 Å². The fraction of sp³-hybridized carbons (Fsp3) is 0.605. The van der Waals surface area contributed by atoms with E-state index in [4.69, 9.17) is 27.9 Å². The van der Waals surface area contributed by atoms with Gasteiger partial charge < -0.3 is 34.8 Å². The molecule has 274 valence electrons. The van der Waals surface area contributed by atoms with Crippen molar-refractivity contribution in [1.82, 2.24) is 19.6 Å². The fourth-order valence-corrected chi connectivity index (χ4v) is 8.19. The number of nitrogens with zero attached hydrogens (tertiary/aromatic N) is 4. The molecule has 4 amide bonds. The number of para-hydroxylation sites is 1. The molecule has 0 bridgehead atoms. The first-order valence-corrected chi connectivity index (χ1v) is 18.8. The topological polar surface area (TPSA) is 106 Å². The molecule has 0 saturated carbocycles. The number of rotatable bonds is 5. The monoisotopic (exact) mass is 729 g/mol. The fourth-order valence-electron chi connectivity index (χ4n) is 7.66. The predicted octanol–water partition coefficient (Wildman–Crippen LogP) is 7.30. The number of benzene rings is 2. The van der Waals surface area contributed by atoms with E-state index in [0.717, 1.165) is 56.4 Å². The number of ether oxygens (including phenoxy) is 1. The molecule has 4 heterocycles. The number of carbonyl (C=O) groups is 3. The van der Waals surface area contributed by atoms with Gasteiger partial charge in [0, 0.05) is 56.4 Å². The molecule has 2 aromatic carbocycles. The molecule has 12 heteroatoms. The van der Waals surface area contributed by atoms with Gasteiger partial charge in [-0.05, 0) is 99.2 Å². The first kappa shape index (κ1) is 38.0. The van der Waals surface area contributed by atoms with Crippen LogP contribution in [0.4, 0.5) is 15.3 Å². The number of anilines is 1. The maximum Gasteiger partial charge on any atom is 0.409 e. The number of fused-ring (bicyclic) bond motifs is 1. The van der Waals surface area contributed by atoms with Crippen LogP contribution in [0.5, 0.6) is 5.75 Å². The minimum atomic E-state index is -0.286. The molecule has 2 aromatic rings. The van der Waals surface area contributed by atoms with E-state index < -0.39 is 0 Å². The minimum Gasteiger partial charge on any atom is -0.505 e. The molecule has 4 aliphatic heterocycles. The molecule has 0 unspecified atom stereocenters. The van der Waals surface area contributed by atoms with Gasteiger partial charge in [0.1, 0.15) is 0 Å². The molecule has 0 aliphatic carbocycles. The number of nitrogens with one attached hydrogen (secondary N) is 1. The van der Waals surface area contributed by atoms with Gasteiger partial charge in [-0.25, -0.2) is 9.59 Å². The molecule has 1 atom stereocenters. The highest BCUT2D eigenvalue weighted by atomic mass is 35.5. The van der Waals surface area contributed by atoms with Crippen molar-refractivity contribution in [3.8, 4) is 5.75 Å². The maximum absolute atomic E-state index is 12.9. The summed E-state index contributed by atoms with van der Waals surface area (Å²) in [7, 11) is 1.40. The molecular weight excluding hydrogens is 677 g/mol. The van der Waals surface area contributed by atoms with Gasteiger partial charge in [0.05, 0.1) is 17.2 Å². The summed E-state index contributed by atoms with van der Waals surface area (Å²) in [5.74, 6) is -0.0446. The summed E-state index contributed by atoms with van der Waals surface area (Å²) >= 11 is 12.0. The normalized spacial score (nSPS) is 20.9. The van der Waals surface area contributed by atoms with E-state index >= 15 is 0 Å². The number of likely N-dealkylation sites (tertiary alicyclic amines) is 3. The maximum atomic E-state index is 12.9. The van der Waals surface area contributed by atoms with Crippen LogP contribution in [-0.2, 0) is 22.4 Å². The van der Waals surface area contributed by atoms with Crippen LogP contribution in [0.1, 0.15) is 70.4 Å².